The molecule has 1 amide bonds. The van der Waals surface area contributed by atoms with Gasteiger partial charge in [0.15, 0.2) is 0 Å². The lowest BCUT2D eigenvalue weighted by Crippen LogP contribution is -2.16. The Balaban J connectivity index is 2.28. The first kappa shape index (κ1) is 14.3. The Hall–Kier alpha value is -2.11. The van der Waals surface area contributed by atoms with Crippen molar-refractivity contribution < 1.29 is 14.7 Å². The highest BCUT2D eigenvalue weighted by Crippen LogP contribution is 2.23. The van der Waals surface area contributed by atoms with Gasteiger partial charge >= 0.3 is 5.97 Å². The zero-order valence-electron chi connectivity index (χ0n) is 9.93. The molecule has 2 rings (SSSR count). The largest absolute Gasteiger partial charge is 0.478 e. The number of aromatic nitrogens is 1. The Bertz CT molecular complexity index is 689. The standard InChI is InChI=1S/C13H8Cl2N2O3/c14-9-4-3-7(6-10(9)15)12(18)17-11-8(13(19)20)2-1-5-16-11/h1-6H,(H,19,20)(H,16,17,18). The zero-order chi connectivity index (χ0) is 14.7. The quantitative estimate of drug-likeness (QED) is 0.911. The molecule has 5 nitrogen and oxygen atoms in total. The maximum atomic E-state index is 12.0. The fourth-order valence-electron chi connectivity index (χ4n) is 1.49. The molecular formula is C13H8Cl2N2O3. The second-order valence-corrected chi connectivity index (χ2v) is 4.60. The molecule has 1 aromatic carbocycles. The molecule has 0 unspecified atom stereocenters. The maximum absolute atomic E-state index is 12.0. The molecule has 0 aliphatic rings. The predicted molar refractivity (Wildman–Crippen MR) is 75.6 cm³/mol. The van der Waals surface area contributed by atoms with Crippen molar-refractivity contribution in [3.63, 3.8) is 0 Å². The minimum Gasteiger partial charge on any atom is -0.478 e. The maximum Gasteiger partial charge on any atom is 0.339 e. The third-order valence-electron chi connectivity index (χ3n) is 2.45. The number of carboxylic acids is 1. The van der Waals surface area contributed by atoms with Crippen LogP contribution in [0.3, 0.4) is 0 Å². The number of hydrogen-bond donors (Lipinski definition) is 2. The van der Waals surface area contributed by atoms with Crippen LogP contribution < -0.4 is 5.32 Å². The molecule has 1 heterocycles. The summed E-state index contributed by atoms with van der Waals surface area (Å²) < 4.78 is 0. The molecule has 7 heteroatoms. The minimum atomic E-state index is -1.18. The van der Waals surface area contributed by atoms with E-state index in [2.05, 4.69) is 10.3 Å². The third kappa shape index (κ3) is 3.07. The van der Waals surface area contributed by atoms with Crippen LogP contribution in [0, 0.1) is 0 Å². The van der Waals surface area contributed by atoms with E-state index in [-0.39, 0.29) is 22.0 Å². The fourth-order valence-corrected chi connectivity index (χ4v) is 1.79. The Labute approximate surface area is 124 Å². The number of hydrogen-bond acceptors (Lipinski definition) is 3. The minimum absolute atomic E-state index is 0.0314. The van der Waals surface area contributed by atoms with Crippen LogP contribution in [0.2, 0.25) is 10.0 Å². The van der Waals surface area contributed by atoms with Crippen LogP contribution in [0.5, 0.6) is 0 Å². The average molecular weight is 311 g/mol. The van der Waals surface area contributed by atoms with Crippen molar-refractivity contribution in [3.8, 4) is 0 Å². The van der Waals surface area contributed by atoms with Crippen LogP contribution in [0.4, 0.5) is 5.82 Å². The van der Waals surface area contributed by atoms with Gasteiger partial charge in [0.2, 0.25) is 0 Å². The van der Waals surface area contributed by atoms with Crippen molar-refractivity contribution >= 4 is 40.9 Å². The lowest BCUT2D eigenvalue weighted by molar-refractivity contribution is 0.0697. The summed E-state index contributed by atoms with van der Waals surface area (Å²) in [5.41, 5.74) is 0.155. The van der Waals surface area contributed by atoms with Crippen molar-refractivity contribution in [2.75, 3.05) is 5.32 Å². The normalized spacial score (nSPS) is 10.1. The Morgan fingerprint density at radius 3 is 2.55 bits per heavy atom. The van der Waals surface area contributed by atoms with Gasteiger partial charge in [0.1, 0.15) is 11.4 Å². The van der Waals surface area contributed by atoms with Gasteiger partial charge in [-0.25, -0.2) is 9.78 Å². The van der Waals surface area contributed by atoms with Crippen LogP contribution in [-0.2, 0) is 0 Å². The number of carbonyl (C=O) groups is 2. The first-order chi connectivity index (χ1) is 9.49. The van der Waals surface area contributed by atoms with Gasteiger partial charge in [-0.15, -0.1) is 0 Å². The average Bonchev–Trinajstić information content (AvgIpc) is 2.42. The number of halogens is 2. The van der Waals surface area contributed by atoms with Gasteiger partial charge in [0.25, 0.3) is 5.91 Å². The number of carboxylic acid groups (broad SMARTS) is 1. The summed E-state index contributed by atoms with van der Waals surface area (Å²) in [6.07, 6.45) is 1.39. The van der Waals surface area contributed by atoms with Gasteiger partial charge in [-0.3, -0.25) is 4.79 Å². The van der Waals surface area contributed by atoms with Gasteiger partial charge in [0.05, 0.1) is 10.0 Å². The summed E-state index contributed by atoms with van der Waals surface area (Å²) in [4.78, 5) is 26.8. The zero-order valence-corrected chi connectivity index (χ0v) is 11.4. The van der Waals surface area contributed by atoms with Gasteiger partial charge in [0, 0.05) is 11.8 Å². The van der Waals surface area contributed by atoms with Crippen LogP contribution in [0.1, 0.15) is 20.7 Å². The van der Waals surface area contributed by atoms with Crippen LogP contribution in [0.25, 0.3) is 0 Å². The molecule has 102 valence electrons. The molecule has 0 saturated heterocycles. The highest BCUT2D eigenvalue weighted by Gasteiger charge is 2.14. The van der Waals surface area contributed by atoms with Crippen molar-refractivity contribution in [2.45, 2.75) is 0 Å². The molecule has 0 spiro atoms. The Kier molecular flexibility index (Phi) is 4.22. The van der Waals surface area contributed by atoms with E-state index in [0.717, 1.165) is 0 Å². The Morgan fingerprint density at radius 1 is 1.15 bits per heavy atom. The SMILES string of the molecule is O=C(Nc1ncccc1C(=O)O)c1ccc(Cl)c(Cl)c1. The third-order valence-corrected chi connectivity index (χ3v) is 3.19. The number of carbonyl (C=O) groups excluding carboxylic acids is 1. The monoisotopic (exact) mass is 310 g/mol. The number of pyridine rings is 1. The van der Waals surface area contributed by atoms with Crippen molar-refractivity contribution in [2.24, 2.45) is 0 Å². The van der Waals surface area contributed by atoms with Crippen molar-refractivity contribution in [1.29, 1.82) is 0 Å². The fraction of sp³-hybridized carbons (Fsp3) is 0. The highest BCUT2D eigenvalue weighted by atomic mass is 35.5. The molecule has 2 N–H and O–H groups in total. The lowest BCUT2D eigenvalue weighted by Gasteiger charge is -2.07. The number of benzene rings is 1. The smallest absolute Gasteiger partial charge is 0.339 e. The molecule has 0 aliphatic carbocycles. The topological polar surface area (TPSA) is 79.3 Å². The summed E-state index contributed by atoms with van der Waals surface area (Å²) in [6.45, 7) is 0. The molecule has 20 heavy (non-hydrogen) atoms. The molecule has 1 aromatic heterocycles. The van der Waals surface area contributed by atoms with Crippen molar-refractivity contribution in [3.05, 3.63) is 57.7 Å². The molecule has 0 saturated carbocycles. The molecule has 0 atom stereocenters. The molecule has 0 radical (unpaired) electrons. The van der Waals surface area contributed by atoms with E-state index in [4.69, 9.17) is 28.3 Å². The summed E-state index contributed by atoms with van der Waals surface area (Å²) >= 11 is 11.6. The summed E-state index contributed by atoms with van der Waals surface area (Å²) in [6, 6.07) is 7.17. The van der Waals surface area contributed by atoms with Gasteiger partial charge < -0.3 is 10.4 Å². The number of nitrogens with one attached hydrogen (secondary N) is 1. The van der Waals surface area contributed by atoms with E-state index in [1.54, 1.807) is 0 Å². The van der Waals surface area contributed by atoms with Crippen molar-refractivity contribution in [1.82, 2.24) is 4.98 Å². The summed E-state index contributed by atoms with van der Waals surface area (Å²) in [7, 11) is 0. The summed E-state index contributed by atoms with van der Waals surface area (Å²) in [5.74, 6) is -1.73. The van der Waals surface area contributed by atoms with Gasteiger partial charge in [-0.05, 0) is 30.3 Å². The number of anilines is 1. The first-order valence-corrected chi connectivity index (χ1v) is 6.19. The van der Waals surface area contributed by atoms with Gasteiger partial charge in [-0.2, -0.15) is 0 Å². The molecule has 0 aliphatic heterocycles. The summed E-state index contributed by atoms with van der Waals surface area (Å²) in [5, 5.41) is 12.0. The first-order valence-electron chi connectivity index (χ1n) is 5.44. The van der Waals surface area contributed by atoms with E-state index >= 15 is 0 Å². The lowest BCUT2D eigenvalue weighted by atomic mass is 10.2. The van der Waals surface area contributed by atoms with E-state index < -0.39 is 11.9 Å². The molecule has 2 aromatic rings. The van der Waals surface area contributed by atoms with Crippen LogP contribution in [0.15, 0.2) is 36.5 Å². The van der Waals surface area contributed by atoms with Crippen LogP contribution in [-0.4, -0.2) is 22.0 Å². The predicted octanol–water partition coefficient (Wildman–Crippen LogP) is 3.34. The molecule has 0 bridgehead atoms. The molecular weight excluding hydrogens is 303 g/mol. The Morgan fingerprint density at radius 2 is 1.90 bits per heavy atom. The number of amides is 1. The molecule has 0 fully saturated rings. The van der Waals surface area contributed by atoms with Crippen LogP contribution >= 0.6 is 23.2 Å². The number of nitrogens with zero attached hydrogens (tertiary/aromatic N) is 1. The van der Waals surface area contributed by atoms with Gasteiger partial charge in [-0.1, -0.05) is 23.2 Å². The number of aromatic carboxylic acids is 1. The second kappa shape index (κ2) is 5.90. The van der Waals surface area contributed by atoms with E-state index in [0.29, 0.717) is 5.02 Å². The highest BCUT2D eigenvalue weighted by molar-refractivity contribution is 6.42. The van der Waals surface area contributed by atoms with E-state index in [9.17, 15) is 9.59 Å². The number of rotatable bonds is 3. The van der Waals surface area contributed by atoms with E-state index in [1.807, 2.05) is 0 Å². The van der Waals surface area contributed by atoms with E-state index in [1.165, 1.54) is 36.5 Å². The second-order valence-electron chi connectivity index (χ2n) is 3.79.